The van der Waals surface area contributed by atoms with Crippen molar-refractivity contribution in [3.05, 3.63) is 63.3 Å². The van der Waals surface area contributed by atoms with E-state index in [4.69, 9.17) is 14.2 Å². The lowest BCUT2D eigenvalue weighted by molar-refractivity contribution is -0.171. The molecule has 252 valence electrons. The van der Waals surface area contributed by atoms with Crippen molar-refractivity contribution in [3.63, 3.8) is 0 Å². The predicted octanol–water partition coefficient (Wildman–Crippen LogP) is 6.65. The summed E-state index contributed by atoms with van der Waals surface area (Å²) in [4.78, 5) is 40.9. The minimum absolute atomic E-state index is 0.0497. The van der Waals surface area contributed by atoms with E-state index in [-0.39, 0.29) is 64.6 Å². The maximum atomic E-state index is 14.8. The number of phenols is 1. The number of ether oxygens (including phenoxy) is 3. The smallest absolute Gasteiger partial charge is 0.330 e. The van der Waals surface area contributed by atoms with Gasteiger partial charge in [-0.2, -0.15) is 0 Å². The largest absolute Gasteiger partial charge is 0.506 e. The molecule has 7 rings (SSSR count). The van der Waals surface area contributed by atoms with Gasteiger partial charge in [-0.25, -0.2) is 4.79 Å². The number of aromatic hydroxyl groups is 1. The Labute approximate surface area is 276 Å². The summed E-state index contributed by atoms with van der Waals surface area (Å²) in [6, 6.07) is 0. The Morgan fingerprint density at radius 1 is 1.00 bits per heavy atom. The van der Waals surface area contributed by atoms with E-state index >= 15 is 0 Å². The number of fused-ring (bicyclic) bond motifs is 2. The normalized spacial score (nSPS) is 32.7. The van der Waals surface area contributed by atoms with Crippen LogP contribution in [0, 0.1) is 11.8 Å². The summed E-state index contributed by atoms with van der Waals surface area (Å²) >= 11 is 0. The number of carboxylic acid groups (broad SMARTS) is 1. The molecule has 1 spiro atoms. The van der Waals surface area contributed by atoms with Gasteiger partial charge in [-0.15, -0.1) is 0 Å². The molecule has 1 saturated carbocycles. The summed E-state index contributed by atoms with van der Waals surface area (Å²) < 4.78 is 20.6. The molecule has 1 aromatic rings. The molecule has 0 aromatic heterocycles. The zero-order valence-electron chi connectivity index (χ0n) is 28.6. The molecule has 9 heteroatoms. The minimum Gasteiger partial charge on any atom is -0.506 e. The standard InChI is InChI=1S/C38H46O9/c1-19(2)10-9-14-36(8)18-25(39)27-30(41)28-29(40)24-16-22-17-26-35(6,7)47-37(33(22)42,15-13-21(5)34(43)44)38(24,26)46-32(28)23(31(27)45-36)12-11-20(3)4/h10-11,13,16,22,25-26,39,41H,9,12,14-15,17-18H2,1-8H3,(H,43,44)/t22-,25?,26-,36?,37+,38-/m0/s1. The molecular weight excluding hydrogens is 600 g/mol. The highest BCUT2D eigenvalue weighted by molar-refractivity contribution is 6.18. The number of aliphatic hydroxyl groups excluding tert-OH is 1. The van der Waals surface area contributed by atoms with Crippen LogP contribution in [0.2, 0.25) is 0 Å². The van der Waals surface area contributed by atoms with Crippen LogP contribution in [0.4, 0.5) is 0 Å². The maximum Gasteiger partial charge on any atom is 0.330 e. The van der Waals surface area contributed by atoms with Gasteiger partial charge < -0.3 is 29.5 Å². The van der Waals surface area contributed by atoms with Crippen LogP contribution in [-0.2, 0) is 20.7 Å². The van der Waals surface area contributed by atoms with E-state index in [2.05, 4.69) is 6.08 Å². The number of allylic oxidation sites excluding steroid dienone is 5. The number of rotatable bonds is 8. The summed E-state index contributed by atoms with van der Waals surface area (Å²) in [7, 11) is 0. The van der Waals surface area contributed by atoms with Crippen molar-refractivity contribution in [1.82, 2.24) is 0 Å². The SMILES string of the molecule is CC(C)=CCCC1(C)CC(O)c2c(O)c3c(c(CC=C(C)C)c2O1)O[C@@]12C(=C[C@H]4C[C@H]1C(C)(C)O[C@]2(CC=C(C)C(=O)O)C4=O)C3=O. The maximum absolute atomic E-state index is 14.8. The first-order chi connectivity index (χ1) is 21.9. The van der Waals surface area contributed by atoms with E-state index in [0.29, 0.717) is 18.4 Å². The lowest BCUT2D eigenvalue weighted by Gasteiger charge is -2.56. The molecule has 6 aliphatic rings. The quantitative estimate of drug-likeness (QED) is 0.209. The molecule has 0 radical (unpaired) electrons. The summed E-state index contributed by atoms with van der Waals surface area (Å²) in [5.41, 5.74) is -1.83. The van der Waals surface area contributed by atoms with Crippen molar-refractivity contribution in [2.24, 2.45) is 11.8 Å². The highest BCUT2D eigenvalue weighted by atomic mass is 16.6. The number of Topliss-reactive ketones (excluding diaryl/α,β-unsaturated/α-hetero) is 2. The number of phenolic OH excluding ortho intramolecular Hbond substituents is 1. The fourth-order valence-electron chi connectivity index (χ4n) is 8.64. The Kier molecular flexibility index (Phi) is 7.72. The predicted molar refractivity (Wildman–Crippen MR) is 175 cm³/mol. The van der Waals surface area contributed by atoms with Gasteiger partial charge in [-0.3, -0.25) is 9.59 Å². The molecule has 3 aliphatic carbocycles. The summed E-state index contributed by atoms with van der Waals surface area (Å²) in [5, 5.41) is 33.0. The Morgan fingerprint density at radius 2 is 1.68 bits per heavy atom. The highest BCUT2D eigenvalue weighted by Gasteiger charge is 2.81. The van der Waals surface area contributed by atoms with Crippen LogP contribution >= 0.6 is 0 Å². The van der Waals surface area contributed by atoms with Crippen molar-refractivity contribution < 1.29 is 43.9 Å². The number of aliphatic hydroxyl groups is 1. The fraction of sp³-hybridized carbons (Fsp3) is 0.553. The zero-order valence-corrected chi connectivity index (χ0v) is 28.6. The van der Waals surface area contributed by atoms with Crippen LogP contribution in [0.15, 0.2) is 46.6 Å². The van der Waals surface area contributed by atoms with Gasteiger partial charge in [-0.05, 0) is 81.1 Å². The molecule has 3 aliphatic heterocycles. The van der Waals surface area contributed by atoms with Crippen molar-refractivity contribution in [2.75, 3.05) is 0 Å². The van der Waals surface area contributed by atoms with E-state index in [1.165, 1.54) is 18.6 Å². The van der Waals surface area contributed by atoms with Gasteiger partial charge in [0.05, 0.1) is 17.3 Å². The molecule has 0 amide bonds. The molecule has 2 fully saturated rings. The Morgan fingerprint density at radius 3 is 2.32 bits per heavy atom. The lowest BCUT2D eigenvalue weighted by atomic mass is 9.51. The Hall–Kier alpha value is -3.69. The van der Waals surface area contributed by atoms with Crippen molar-refractivity contribution in [2.45, 2.75) is 122 Å². The van der Waals surface area contributed by atoms with Gasteiger partial charge in [0.15, 0.2) is 22.8 Å². The van der Waals surface area contributed by atoms with Gasteiger partial charge >= 0.3 is 5.97 Å². The molecule has 3 N–H and O–H groups in total. The Bertz CT molecular complexity index is 1720. The molecule has 3 heterocycles. The van der Waals surface area contributed by atoms with E-state index in [9.17, 15) is 29.7 Å². The summed E-state index contributed by atoms with van der Waals surface area (Å²) in [6.07, 6.45) is 8.28. The first-order valence-electron chi connectivity index (χ1n) is 16.5. The molecule has 9 nitrogen and oxygen atoms in total. The molecule has 2 unspecified atom stereocenters. The second kappa shape index (κ2) is 10.9. The summed E-state index contributed by atoms with van der Waals surface area (Å²) in [6.45, 7) is 15.1. The van der Waals surface area contributed by atoms with Crippen LogP contribution < -0.4 is 9.47 Å². The average Bonchev–Trinajstić information content (AvgIpc) is 3.11. The number of carbonyl (C=O) groups is 3. The first-order valence-corrected chi connectivity index (χ1v) is 16.5. The monoisotopic (exact) mass is 646 g/mol. The number of carbonyl (C=O) groups excluding carboxylic acids is 2. The number of aliphatic carboxylic acids is 1. The highest BCUT2D eigenvalue weighted by Crippen LogP contribution is 2.69. The van der Waals surface area contributed by atoms with Crippen LogP contribution in [0.3, 0.4) is 0 Å². The van der Waals surface area contributed by atoms with Crippen molar-refractivity contribution in [1.29, 1.82) is 0 Å². The van der Waals surface area contributed by atoms with E-state index in [1.807, 2.05) is 54.5 Å². The third-order valence-electron chi connectivity index (χ3n) is 10.9. The van der Waals surface area contributed by atoms with Gasteiger partial charge in [0.25, 0.3) is 0 Å². The van der Waals surface area contributed by atoms with Crippen molar-refractivity contribution >= 4 is 17.5 Å². The second-order valence-electron chi connectivity index (χ2n) is 15.3. The van der Waals surface area contributed by atoms with Gasteiger partial charge in [0, 0.05) is 41.4 Å². The fourth-order valence-corrected chi connectivity index (χ4v) is 8.64. The number of ketones is 2. The van der Waals surface area contributed by atoms with E-state index in [0.717, 1.165) is 12.0 Å². The second-order valence-corrected chi connectivity index (χ2v) is 15.3. The topological polar surface area (TPSA) is 140 Å². The number of benzene rings is 1. The van der Waals surface area contributed by atoms with E-state index in [1.54, 1.807) is 6.08 Å². The number of hydrogen-bond donors (Lipinski definition) is 3. The number of carboxylic acids is 1. The van der Waals surface area contributed by atoms with Gasteiger partial charge in [-0.1, -0.05) is 35.5 Å². The van der Waals surface area contributed by atoms with Crippen LogP contribution in [0.5, 0.6) is 17.2 Å². The first kappa shape index (κ1) is 33.2. The molecule has 4 bridgehead atoms. The third kappa shape index (κ3) is 4.75. The van der Waals surface area contributed by atoms with Crippen molar-refractivity contribution in [3.8, 4) is 17.2 Å². The van der Waals surface area contributed by atoms with Gasteiger partial charge in [0.1, 0.15) is 28.4 Å². The molecule has 1 saturated heterocycles. The van der Waals surface area contributed by atoms with Gasteiger partial charge in [0.2, 0.25) is 0 Å². The molecule has 1 aromatic carbocycles. The minimum atomic E-state index is -1.67. The zero-order chi connectivity index (χ0) is 34.4. The van der Waals surface area contributed by atoms with Crippen LogP contribution in [0.1, 0.15) is 115 Å². The number of hydrogen-bond acceptors (Lipinski definition) is 8. The van der Waals surface area contributed by atoms with Crippen LogP contribution in [-0.4, -0.2) is 55.3 Å². The summed E-state index contributed by atoms with van der Waals surface area (Å²) in [5.74, 6) is -2.90. The average molecular weight is 647 g/mol. The van der Waals surface area contributed by atoms with Crippen LogP contribution in [0.25, 0.3) is 0 Å². The third-order valence-corrected chi connectivity index (χ3v) is 10.9. The van der Waals surface area contributed by atoms with E-state index < -0.39 is 52.1 Å². The lowest BCUT2D eigenvalue weighted by Crippen LogP contribution is -2.72. The molecule has 6 atom stereocenters. The molecule has 47 heavy (non-hydrogen) atoms. The molecular formula is C38H46O9. The Balaban J connectivity index is 1.60.